The van der Waals surface area contributed by atoms with Crippen LogP contribution in [0.2, 0.25) is 0 Å². The number of amides is 1. The summed E-state index contributed by atoms with van der Waals surface area (Å²) in [5.74, 6) is -0.387. The van der Waals surface area contributed by atoms with Gasteiger partial charge in [-0.1, -0.05) is 36.4 Å². The van der Waals surface area contributed by atoms with Crippen molar-refractivity contribution < 1.29 is 4.79 Å². The van der Waals surface area contributed by atoms with Gasteiger partial charge < -0.3 is 15.2 Å². The summed E-state index contributed by atoms with van der Waals surface area (Å²) in [5.41, 5.74) is 12.9. The van der Waals surface area contributed by atoms with Gasteiger partial charge in [0.1, 0.15) is 0 Å². The van der Waals surface area contributed by atoms with Crippen molar-refractivity contribution in [2.24, 2.45) is 5.73 Å². The smallest absolute Gasteiger partial charge is 0.250 e. The molecule has 0 unspecified atom stereocenters. The Labute approximate surface area is 167 Å². The molecule has 0 saturated heterocycles. The second-order valence-corrected chi connectivity index (χ2v) is 7.12. The molecule has 1 amide bonds. The first kappa shape index (κ1) is 19.7. The van der Waals surface area contributed by atoms with Crippen LogP contribution in [0.3, 0.4) is 0 Å². The summed E-state index contributed by atoms with van der Waals surface area (Å²) in [4.78, 5) is 14.3. The van der Waals surface area contributed by atoms with Crippen LogP contribution in [0, 0.1) is 13.8 Å². The van der Waals surface area contributed by atoms with E-state index in [2.05, 4.69) is 72.7 Å². The molecule has 146 valence electrons. The molecule has 28 heavy (non-hydrogen) atoms. The number of nitrogens with zero attached hydrogens (tertiary/aromatic N) is 2. The van der Waals surface area contributed by atoms with Crippen LogP contribution in [0.4, 0.5) is 5.69 Å². The summed E-state index contributed by atoms with van der Waals surface area (Å²) in [5, 5.41) is 0. The van der Waals surface area contributed by atoms with E-state index in [1.165, 1.54) is 16.8 Å². The van der Waals surface area contributed by atoms with Gasteiger partial charge in [0.05, 0.1) is 5.56 Å². The first-order valence-corrected chi connectivity index (χ1v) is 9.86. The number of primary amides is 1. The maximum Gasteiger partial charge on any atom is 0.250 e. The highest BCUT2D eigenvalue weighted by Crippen LogP contribution is 2.29. The minimum atomic E-state index is -0.387. The molecule has 0 aliphatic rings. The number of hydrogen-bond acceptors (Lipinski definition) is 2. The van der Waals surface area contributed by atoms with E-state index < -0.39 is 0 Å². The number of carbonyl (C=O) groups excluding carboxylic acids is 1. The predicted octanol–water partition coefficient (Wildman–Crippen LogP) is 4.77. The molecule has 0 radical (unpaired) electrons. The maximum absolute atomic E-state index is 12.0. The van der Waals surface area contributed by atoms with Gasteiger partial charge in [-0.05, 0) is 62.6 Å². The summed E-state index contributed by atoms with van der Waals surface area (Å²) < 4.78 is 2.19. The van der Waals surface area contributed by atoms with Crippen molar-refractivity contribution >= 4 is 11.6 Å². The van der Waals surface area contributed by atoms with Crippen molar-refractivity contribution in [3.05, 3.63) is 77.0 Å². The highest BCUT2D eigenvalue weighted by molar-refractivity contribution is 5.95. The van der Waals surface area contributed by atoms with Crippen LogP contribution in [0.25, 0.3) is 11.3 Å². The van der Waals surface area contributed by atoms with Crippen molar-refractivity contribution in [2.45, 2.75) is 34.2 Å². The van der Waals surface area contributed by atoms with E-state index in [0.717, 1.165) is 30.0 Å². The second kappa shape index (κ2) is 8.34. The summed E-state index contributed by atoms with van der Waals surface area (Å²) in [6.45, 7) is 11.1. The standard InChI is InChI=1S/C24H29N3O/c1-5-26(6-2)21-13-11-19(12-14-21)23-15-22(24(25)28)18(4)27(23)16-20-10-8-7-9-17(20)3/h7-15H,5-6,16H2,1-4H3,(H2,25,28). The third kappa shape index (κ3) is 3.81. The topological polar surface area (TPSA) is 51.3 Å². The fourth-order valence-corrected chi connectivity index (χ4v) is 3.73. The molecule has 1 aromatic heterocycles. The van der Waals surface area contributed by atoms with Crippen LogP contribution in [0.5, 0.6) is 0 Å². The van der Waals surface area contributed by atoms with Crippen LogP contribution >= 0.6 is 0 Å². The zero-order valence-electron chi connectivity index (χ0n) is 17.2. The van der Waals surface area contributed by atoms with Crippen molar-refractivity contribution in [1.29, 1.82) is 0 Å². The average molecular weight is 376 g/mol. The SMILES string of the molecule is CCN(CC)c1ccc(-c2cc(C(N)=O)c(C)n2Cc2ccccc2C)cc1. The van der Waals surface area contributed by atoms with Gasteiger partial charge in [0.15, 0.2) is 0 Å². The summed E-state index contributed by atoms with van der Waals surface area (Å²) in [6, 6.07) is 18.8. The highest BCUT2D eigenvalue weighted by Gasteiger charge is 2.17. The average Bonchev–Trinajstić information content (AvgIpc) is 3.02. The Hall–Kier alpha value is -3.01. The monoisotopic (exact) mass is 375 g/mol. The molecule has 0 saturated carbocycles. The molecular weight excluding hydrogens is 346 g/mol. The second-order valence-electron chi connectivity index (χ2n) is 7.12. The Morgan fingerprint density at radius 2 is 1.64 bits per heavy atom. The molecule has 1 heterocycles. The molecule has 4 nitrogen and oxygen atoms in total. The molecule has 2 aromatic carbocycles. The molecule has 0 atom stereocenters. The number of anilines is 1. The minimum Gasteiger partial charge on any atom is -0.372 e. The molecule has 3 rings (SSSR count). The molecule has 0 fully saturated rings. The van der Waals surface area contributed by atoms with Crippen LogP contribution in [0.1, 0.15) is 41.0 Å². The van der Waals surface area contributed by atoms with E-state index in [0.29, 0.717) is 12.1 Å². The first-order valence-electron chi connectivity index (χ1n) is 9.86. The van der Waals surface area contributed by atoms with Crippen molar-refractivity contribution in [1.82, 2.24) is 4.57 Å². The van der Waals surface area contributed by atoms with E-state index in [-0.39, 0.29) is 5.91 Å². The highest BCUT2D eigenvalue weighted by atomic mass is 16.1. The normalized spacial score (nSPS) is 10.9. The van der Waals surface area contributed by atoms with Crippen molar-refractivity contribution in [3.8, 4) is 11.3 Å². The van der Waals surface area contributed by atoms with Crippen LogP contribution in [0.15, 0.2) is 54.6 Å². The Bertz CT molecular complexity index is 966. The van der Waals surface area contributed by atoms with Gasteiger partial charge in [-0.15, -0.1) is 0 Å². The Balaban J connectivity index is 2.06. The van der Waals surface area contributed by atoms with Crippen molar-refractivity contribution in [2.75, 3.05) is 18.0 Å². The minimum absolute atomic E-state index is 0.387. The van der Waals surface area contributed by atoms with Crippen LogP contribution in [-0.2, 0) is 6.54 Å². The molecule has 0 aliphatic carbocycles. The first-order chi connectivity index (χ1) is 13.5. The van der Waals surface area contributed by atoms with Crippen LogP contribution < -0.4 is 10.6 Å². The van der Waals surface area contributed by atoms with Gasteiger partial charge in [0.2, 0.25) is 0 Å². The van der Waals surface area contributed by atoms with E-state index in [1.54, 1.807) is 0 Å². The van der Waals surface area contributed by atoms with Gasteiger partial charge in [-0.25, -0.2) is 0 Å². The van der Waals surface area contributed by atoms with E-state index >= 15 is 0 Å². The Kier molecular flexibility index (Phi) is 5.88. The van der Waals surface area contributed by atoms with Gasteiger partial charge in [0.25, 0.3) is 5.91 Å². The number of aryl methyl sites for hydroxylation is 1. The maximum atomic E-state index is 12.0. The van der Waals surface area contributed by atoms with Crippen LogP contribution in [-0.4, -0.2) is 23.6 Å². The molecule has 4 heteroatoms. The summed E-state index contributed by atoms with van der Waals surface area (Å²) in [6.07, 6.45) is 0. The Morgan fingerprint density at radius 3 is 2.21 bits per heavy atom. The van der Waals surface area contributed by atoms with E-state index in [1.807, 2.05) is 19.1 Å². The van der Waals surface area contributed by atoms with Crippen molar-refractivity contribution in [3.63, 3.8) is 0 Å². The summed E-state index contributed by atoms with van der Waals surface area (Å²) >= 11 is 0. The molecule has 3 aromatic rings. The largest absolute Gasteiger partial charge is 0.372 e. The summed E-state index contributed by atoms with van der Waals surface area (Å²) in [7, 11) is 0. The number of aromatic nitrogens is 1. The molecule has 0 spiro atoms. The number of carbonyl (C=O) groups is 1. The lowest BCUT2D eigenvalue weighted by Crippen LogP contribution is -2.21. The third-order valence-electron chi connectivity index (χ3n) is 5.51. The fraction of sp³-hybridized carbons (Fsp3) is 0.292. The molecule has 0 aliphatic heterocycles. The zero-order valence-corrected chi connectivity index (χ0v) is 17.2. The molecule has 0 bridgehead atoms. The Morgan fingerprint density at radius 1 is 1.00 bits per heavy atom. The molecule has 2 N–H and O–H groups in total. The zero-order chi connectivity index (χ0) is 20.3. The van der Waals surface area contributed by atoms with Gasteiger partial charge in [-0.3, -0.25) is 4.79 Å². The number of hydrogen-bond donors (Lipinski definition) is 1. The third-order valence-corrected chi connectivity index (χ3v) is 5.51. The van der Waals surface area contributed by atoms with Gasteiger partial charge >= 0.3 is 0 Å². The molecular formula is C24H29N3O. The van der Waals surface area contributed by atoms with E-state index in [4.69, 9.17) is 5.73 Å². The quantitative estimate of drug-likeness (QED) is 0.647. The number of rotatable bonds is 7. The lowest BCUT2D eigenvalue weighted by molar-refractivity contribution is 0.0999. The van der Waals surface area contributed by atoms with Gasteiger partial charge in [-0.2, -0.15) is 0 Å². The fourth-order valence-electron chi connectivity index (χ4n) is 3.73. The number of benzene rings is 2. The number of nitrogens with two attached hydrogens (primary N) is 1. The lowest BCUT2D eigenvalue weighted by Gasteiger charge is -2.21. The van der Waals surface area contributed by atoms with Gasteiger partial charge in [0, 0.05) is 36.7 Å². The van der Waals surface area contributed by atoms with E-state index in [9.17, 15) is 4.79 Å². The predicted molar refractivity (Wildman–Crippen MR) is 117 cm³/mol. The lowest BCUT2D eigenvalue weighted by atomic mass is 10.1.